The molecule has 0 bridgehead atoms. The van der Waals surface area contributed by atoms with Gasteiger partial charge in [-0.15, -0.1) is 0 Å². The molecule has 1 amide bonds. The summed E-state index contributed by atoms with van der Waals surface area (Å²) >= 11 is 0. The maximum Gasteiger partial charge on any atom is 0.308 e. The van der Waals surface area contributed by atoms with Crippen molar-refractivity contribution in [1.82, 2.24) is 4.90 Å². The molecule has 1 N–H and O–H groups in total. The quantitative estimate of drug-likeness (QED) is 0.847. The van der Waals surface area contributed by atoms with Crippen LogP contribution < -0.4 is 0 Å². The summed E-state index contributed by atoms with van der Waals surface area (Å²) in [6.07, 6.45) is 0.764. The lowest BCUT2D eigenvalue weighted by molar-refractivity contribution is -0.143. The molecule has 0 aromatic heterocycles. The number of nitrogens with zero attached hydrogens (tertiary/aromatic N) is 1. The van der Waals surface area contributed by atoms with Crippen molar-refractivity contribution < 1.29 is 19.5 Å². The van der Waals surface area contributed by atoms with Crippen molar-refractivity contribution in [3.05, 3.63) is 35.4 Å². The number of aliphatic carboxylic acids is 1. The van der Waals surface area contributed by atoms with Gasteiger partial charge in [0.15, 0.2) is 5.78 Å². The number of carboxylic acids is 1. The number of ketones is 1. The Labute approximate surface area is 129 Å². The van der Waals surface area contributed by atoms with E-state index in [-0.39, 0.29) is 30.6 Å². The molecule has 0 aliphatic carbocycles. The van der Waals surface area contributed by atoms with Crippen molar-refractivity contribution in [1.29, 1.82) is 0 Å². The van der Waals surface area contributed by atoms with E-state index < -0.39 is 11.9 Å². The minimum atomic E-state index is -0.862. The van der Waals surface area contributed by atoms with E-state index in [1.807, 2.05) is 19.1 Å². The molecule has 0 radical (unpaired) electrons. The number of rotatable bonds is 5. The summed E-state index contributed by atoms with van der Waals surface area (Å²) in [7, 11) is 0. The highest BCUT2D eigenvalue weighted by atomic mass is 16.4. The number of carbonyl (C=O) groups excluding carboxylic acids is 2. The smallest absolute Gasteiger partial charge is 0.308 e. The van der Waals surface area contributed by atoms with Crippen LogP contribution in [0.25, 0.3) is 0 Å². The van der Waals surface area contributed by atoms with Crippen LogP contribution in [0.5, 0.6) is 0 Å². The maximum absolute atomic E-state index is 12.2. The second kappa shape index (κ2) is 6.73. The zero-order valence-corrected chi connectivity index (χ0v) is 12.9. The van der Waals surface area contributed by atoms with E-state index in [9.17, 15) is 14.4 Å². The summed E-state index contributed by atoms with van der Waals surface area (Å²) in [6, 6.07) is 6.96. The van der Waals surface area contributed by atoms with Crippen LogP contribution in [0.2, 0.25) is 0 Å². The molecule has 1 heterocycles. The van der Waals surface area contributed by atoms with Gasteiger partial charge >= 0.3 is 5.97 Å². The molecule has 0 saturated carbocycles. The molecule has 1 aliphatic heterocycles. The third-order valence-corrected chi connectivity index (χ3v) is 4.33. The summed E-state index contributed by atoms with van der Waals surface area (Å²) in [5.74, 6) is -1.57. The average molecular weight is 303 g/mol. The zero-order chi connectivity index (χ0) is 16.3. The van der Waals surface area contributed by atoms with Gasteiger partial charge in [-0.05, 0) is 20.3 Å². The lowest BCUT2D eigenvalue weighted by atomic mass is 10.0. The van der Waals surface area contributed by atoms with E-state index in [2.05, 4.69) is 0 Å². The van der Waals surface area contributed by atoms with E-state index >= 15 is 0 Å². The molecule has 1 fully saturated rings. The number of aryl methyl sites for hydroxylation is 1. The lowest BCUT2D eigenvalue weighted by Gasteiger charge is -2.23. The second-order valence-electron chi connectivity index (χ2n) is 5.85. The van der Waals surface area contributed by atoms with E-state index in [0.29, 0.717) is 18.5 Å². The van der Waals surface area contributed by atoms with Gasteiger partial charge in [-0.3, -0.25) is 14.4 Å². The van der Waals surface area contributed by atoms with Gasteiger partial charge in [0.2, 0.25) is 5.91 Å². The molecular weight excluding hydrogens is 282 g/mol. The van der Waals surface area contributed by atoms with Crippen molar-refractivity contribution in [2.24, 2.45) is 5.92 Å². The largest absolute Gasteiger partial charge is 0.481 e. The van der Waals surface area contributed by atoms with Crippen LogP contribution in [0.1, 0.15) is 42.1 Å². The number of hydrogen-bond donors (Lipinski definition) is 1. The topological polar surface area (TPSA) is 74.7 Å². The highest BCUT2D eigenvalue weighted by Crippen LogP contribution is 2.25. The summed E-state index contributed by atoms with van der Waals surface area (Å²) in [5.41, 5.74) is 1.69. The maximum atomic E-state index is 12.2. The minimum absolute atomic E-state index is 0.0602. The van der Waals surface area contributed by atoms with Crippen LogP contribution in [0.3, 0.4) is 0 Å². The summed E-state index contributed by atoms with van der Waals surface area (Å²) < 4.78 is 0. The number of Topliss-reactive ketones (excluding diaryl/α,β-unsaturated/α-hetero) is 1. The highest BCUT2D eigenvalue weighted by molar-refractivity contribution is 5.98. The lowest BCUT2D eigenvalue weighted by Crippen LogP contribution is -2.37. The van der Waals surface area contributed by atoms with E-state index in [0.717, 1.165) is 5.56 Å². The van der Waals surface area contributed by atoms with Gasteiger partial charge in [-0.1, -0.05) is 29.8 Å². The second-order valence-corrected chi connectivity index (χ2v) is 5.85. The molecule has 5 nitrogen and oxygen atoms in total. The zero-order valence-electron chi connectivity index (χ0n) is 12.9. The summed E-state index contributed by atoms with van der Waals surface area (Å²) in [5, 5.41) is 9.08. The van der Waals surface area contributed by atoms with Gasteiger partial charge in [0.1, 0.15) is 0 Å². The fourth-order valence-corrected chi connectivity index (χ4v) is 2.87. The van der Waals surface area contributed by atoms with Gasteiger partial charge in [-0.25, -0.2) is 0 Å². The predicted octanol–water partition coefficient (Wildman–Crippen LogP) is 2.28. The van der Waals surface area contributed by atoms with Gasteiger partial charge in [0.05, 0.1) is 5.92 Å². The number of likely N-dealkylation sites (tertiary alicyclic amines) is 1. The first-order chi connectivity index (χ1) is 10.4. The first-order valence-corrected chi connectivity index (χ1v) is 7.52. The van der Waals surface area contributed by atoms with Gasteiger partial charge in [0.25, 0.3) is 0 Å². The summed E-state index contributed by atoms with van der Waals surface area (Å²) in [6.45, 7) is 4.16. The van der Waals surface area contributed by atoms with Crippen LogP contribution in [-0.4, -0.2) is 40.3 Å². The predicted molar refractivity (Wildman–Crippen MR) is 81.7 cm³/mol. The Kier molecular flexibility index (Phi) is 4.96. The normalized spacial score (nSPS) is 20.9. The molecular formula is C17H21NO4. The van der Waals surface area contributed by atoms with E-state index in [4.69, 9.17) is 5.11 Å². The fraction of sp³-hybridized carbons (Fsp3) is 0.471. The Balaban J connectivity index is 1.89. The minimum Gasteiger partial charge on any atom is -0.481 e. The Bertz CT molecular complexity index is 579. The van der Waals surface area contributed by atoms with Crippen molar-refractivity contribution in [3.63, 3.8) is 0 Å². The Morgan fingerprint density at radius 1 is 1.18 bits per heavy atom. The number of hydrogen-bond acceptors (Lipinski definition) is 3. The molecule has 2 atom stereocenters. The Hall–Kier alpha value is -2.17. The number of amides is 1. The molecule has 2 unspecified atom stereocenters. The molecule has 1 aromatic rings. The summed E-state index contributed by atoms with van der Waals surface area (Å²) in [4.78, 5) is 36.9. The van der Waals surface area contributed by atoms with Gasteiger partial charge < -0.3 is 10.0 Å². The first kappa shape index (κ1) is 16.2. The van der Waals surface area contributed by atoms with Gasteiger partial charge in [0, 0.05) is 31.0 Å². The third kappa shape index (κ3) is 3.53. The molecule has 118 valence electrons. The van der Waals surface area contributed by atoms with Crippen LogP contribution in [0.4, 0.5) is 0 Å². The highest BCUT2D eigenvalue weighted by Gasteiger charge is 2.37. The van der Waals surface area contributed by atoms with Crippen LogP contribution >= 0.6 is 0 Å². The Morgan fingerprint density at radius 3 is 2.36 bits per heavy atom. The van der Waals surface area contributed by atoms with E-state index in [1.54, 1.807) is 24.0 Å². The monoisotopic (exact) mass is 303 g/mol. The van der Waals surface area contributed by atoms with Crippen LogP contribution in [-0.2, 0) is 9.59 Å². The van der Waals surface area contributed by atoms with Crippen molar-refractivity contribution in [3.8, 4) is 0 Å². The first-order valence-electron chi connectivity index (χ1n) is 7.52. The number of carboxylic acid groups (broad SMARTS) is 1. The fourth-order valence-electron chi connectivity index (χ4n) is 2.87. The average Bonchev–Trinajstić information content (AvgIpc) is 2.87. The van der Waals surface area contributed by atoms with Crippen molar-refractivity contribution in [2.45, 2.75) is 39.2 Å². The SMILES string of the molecule is Cc1ccc(C(=O)CCC(=O)N2CCC(C(=O)O)C2C)cc1. The standard InChI is InChI=1S/C17H21NO4/c1-11-3-5-13(6-4-11)15(19)7-8-16(20)18-10-9-14(12(18)2)17(21)22/h3-6,12,14H,7-10H2,1-2H3,(H,21,22). The molecule has 1 saturated heterocycles. The molecule has 0 spiro atoms. The Morgan fingerprint density at radius 2 is 1.82 bits per heavy atom. The molecule has 1 aliphatic rings. The number of benzene rings is 1. The van der Waals surface area contributed by atoms with Crippen molar-refractivity contribution in [2.75, 3.05) is 6.54 Å². The van der Waals surface area contributed by atoms with Gasteiger partial charge in [-0.2, -0.15) is 0 Å². The molecule has 2 rings (SSSR count). The van der Waals surface area contributed by atoms with Crippen LogP contribution in [0.15, 0.2) is 24.3 Å². The molecule has 5 heteroatoms. The molecule has 22 heavy (non-hydrogen) atoms. The van der Waals surface area contributed by atoms with E-state index in [1.165, 1.54) is 0 Å². The number of carbonyl (C=O) groups is 3. The third-order valence-electron chi connectivity index (χ3n) is 4.33. The van der Waals surface area contributed by atoms with Crippen molar-refractivity contribution >= 4 is 17.7 Å². The molecule has 1 aromatic carbocycles. The van der Waals surface area contributed by atoms with Crippen LogP contribution in [0, 0.1) is 12.8 Å².